The van der Waals surface area contributed by atoms with Gasteiger partial charge >= 0.3 is 6.09 Å². The summed E-state index contributed by atoms with van der Waals surface area (Å²) in [5.74, 6) is 0.169. The molecule has 1 aliphatic carbocycles. The predicted molar refractivity (Wildman–Crippen MR) is 89.4 cm³/mol. The maximum absolute atomic E-state index is 11.6. The second-order valence-corrected chi connectivity index (χ2v) is 5.03. The van der Waals surface area contributed by atoms with E-state index in [4.69, 9.17) is 10.5 Å². The lowest BCUT2D eigenvalue weighted by Gasteiger charge is -2.14. The highest BCUT2D eigenvalue weighted by atomic mass is 35.5. The van der Waals surface area contributed by atoms with E-state index < -0.39 is 6.09 Å². The molecule has 116 valence electrons. The van der Waals surface area contributed by atoms with E-state index in [2.05, 4.69) is 29.6 Å². The Labute approximate surface area is 136 Å². The summed E-state index contributed by atoms with van der Waals surface area (Å²) < 4.78 is 4.95. The van der Waals surface area contributed by atoms with Gasteiger partial charge in [0.15, 0.2) is 0 Å². The first kappa shape index (κ1) is 16.3. The second-order valence-electron chi connectivity index (χ2n) is 5.03. The van der Waals surface area contributed by atoms with E-state index in [1.807, 2.05) is 24.3 Å². The van der Waals surface area contributed by atoms with E-state index in [9.17, 15) is 4.79 Å². The fourth-order valence-electron chi connectivity index (χ4n) is 2.87. The second kappa shape index (κ2) is 7.29. The molecule has 3 N–H and O–H groups in total. The fraction of sp³-hybridized carbons (Fsp3) is 0.235. The Balaban J connectivity index is 0.00000176. The van der Waals surface area contributed by atoms with Crippen molar-refractivity contribution in [3.8, 4) is 11.1 Å². The smallest absolute Gasteiger partial charge is 0.407 e. The van der Waals surface area contributed by atoms with Crippen molar-refractivity contribution in [2.75, 3.05) is 19.7 Å². The van der Waals surface area contributed by atoms with Crippen LogP contribution < -0.4 is 11.1 Å². The van der Waals surface area contributed by atoms with E-state index in [-0.39, 0.29) is 24.9 Å². The minimum absolute atomic E-state index is 0. The minimum Gasteiger partial charge on any atom is -0.448 e. The molecule has 3 rings (SSSR count). The van der Waals surface area contributed by atoms with Crippen LogP contribution in [0.15, 0.2) is 48.5 Å². The van der Waals surface area contributed by atoms with Crippen molar-refractivity contribution in [2.45, 2.75) is 5.92 Å². The Morgan fingerprint density at radius 2 is 1.59 bits per heavy atom. The number of ether oxygens (including phenoxy) is 1. The molecule has 0 saturated carbocycles. The number of hydrogen-bond donors (Lipinski definition) is 2. The topological polar surface area (TPSA) is 64.3 Å². The summed E-state index contributed by atoms with van der Waals surface area (Å²) >= 11 is 0. The molecule has 1 aliphatic rings. The van der Waals surface area contributed by atoms with Gasteiger partial charge in [-0.05, 0) is 22.3 Å². The van der Waals surface area contributed by atoms with Crippen LogP contribution in [0.25, 0.3) is 11.1 Å². The number of carbonyl (C=O) groups excluding carboxylic acids is 1. The molecule has 5 heteroatoms. The van der Waals surface area contributed by atoms with Gasteiger partial charge in [0, 0.05) is 19.0 Å². The van der Waals surface area contributed by atoms with Gasteiger partial charge in [-0.2, -0.15) is 0 Å². The highest BCUT2D eigenvalue weighted by molar-refractivity contribution is 5.85. The summed E-state index contributed by atoms with van der Waals surface area (Å²) in [6.07, 6.45) is -0.415. The number of amides is 1. The molecule has 2 aromatic carbocycles. The Kier molecular flexibility index (Phi) is 5.41. The van der Waals surface area contributed by atoms with Gasteiger partial charge in [0.25, 0.3) is 0 Å². The monoisotopic (exact) mass is 318 g/mol. The first-order valence-corrected chi connectivity index (χ1v) is 7.10. The van der Waals surface area contributed by atoms with Crippen molar-refractivity contribution >= 4 is 18.5 Å². The average Bonchev–Trinajstić information content (AvgIpc) is 2.85. The largest absolute Gasteiger partial charge is 0.448 e. The van der Waals surface area contributed by atoms with Crippen LogP contribution in [0.3, 0.4) is 0 Å². The molecule has 0 radical (unpaired) electrons. The van der Waals surface area contributed by atoms with E-state index in [1.165, 1.54) is 22.3 Å². The molecular formula is C17H19ClN2O2. The SMILES string of the molecule is Cl.NCCOC(=O)NCC1c2ccccc2-c2ccccc21. The number of rotatable bonds is 4. The first-order chi connectivity index (χ1) is 10.3. The molecule has 0 atom stereocenters. The number of hydrogen-bond acceptors (Lipinski definition) is 3. The maximum Gasteiger partial charge on any atom is 0.407 e. The number of benzene rings is 2. The number of nitrogens with one attached hydrogen (secondary N) is 1. The van der Waals surface area contributed by atoms with E-state index in [0.29, 0.717) is 13.1 Å². The molecule has 22 heavy (non-hydrogen) atoms. The van der Waals surface area contributed by atoms with Crippen LogP contribution in [0.1, 0.15) is 17.0 Å². The third kappa shape index (κ3) is 3.08. The van der Waals surface area contributed by atoms with Gasteiger partial charge in [-0.25, -0.2) is 4.79 Å². The molecule has 0 unspecified atom stereocenters. The van der Waals surface area contributed by atoms with Crippen LogP contribution in [-0.4, -0.2) is 25.8 Å². The average molecular weight is 319 g/mol. The van der Waals surface area contributed by atoms with Gasteiger partial charge in [-0.15, -0.1) is 12.4 Å². The molecule has 0 aliphatic heterocycles. The van der Waals surface area contributed by atoms with Gasteiger partial charge in [0.05, 0.1) is 0 Å². The van der Waals surface area contributed by atoms with Crippen molar-refractivity contribution in [1.29, 1.82) is 0 Å². The molecule has 0 fully saturated rings. The van der Waals surface area contributed by atoms with Crippen LogP contribution in [0, 0.1) is 0 Å². The molecule has 0 aromatic heterocycles. The summed E-state index contributed by atoms with van der Waals surface area (Å²) in [4.78, 5) is 11.6. The zero-order valence-corrected chi connectivity index (χ0v) is 12.9. The van der Waals surface area contributed by atoms with Gasteiger partial charge in [-0.1, -0.05) is 48.5 Å². The molecule has 0 heterocycles. The van der Waals surface area contributed by atoms with E-state index in [0.717, 1.165) is 0 Å². The van der Waals surface area contributed by atoms with Crippen LogP contribution in [0.4, 0.5) is 4.79 Å². The molecule has 0 bridgehead atoms. The summed E-state index contributed by atoms with van der Waals surface area (Å²) in [5, 5.41) is 2.82. The molecule has 2 aromatic rings. The Morgan fingerprint density at radius 3 is 2.14 bits per heavy atom. The lowest BCUT2D eigenvalue weighted by Crippen LogP contribution is -2.30. The van der Waals surface area contributed by atoms with Crippen LogP contribution in [-0.2, 0) is 4.74 Å². The summed E-state index contributed by atoms with van der Waals surface area (Å²) in [6, 6.07) is 16.6. The molecule has 0 saturated heterocycles. The lowest BCUT2D eigenvalue weighted by molar-refractivity contribution is 0.149. The molecular weight excluding hydrogens is 300 g/mol. The van der Waals surface area contributed by atoms with Gasteiger partial charge in [0.1, 0.15) is 6.61 Å². The fourth-order valence-corrected chi connectivity index (χ4v) is 2.87. The first-order valence-electron chi connectivity index (χ1n) is 7.10. The normalized spacial score (nSPS) is 12.0. The molecule has 4 nitrogen and oxygen atoms in total. The van der Waals surface area contributed by atoms with Gasteiger partial charge < -0.3 is 15.8 Å². The van der Waals surface area contributed by atoms with Gasteiger partial charge in [0.2, 0.25) is 0 Å². The number of alkyl carbamates (subject to hydrolysis) is 1. The van der Waals surface area contributed by atoms with Crippen molar-refractivity contribution in [3.63, 3.8) is 0 Å². The Hall–Kier alpha value is -2.04. The number of halogens is 1. The van der Waals surface area contributed by atoms with Crippen molar-refractivity contribution < 1.29 is 9.53 Å². The van der Waals surface area contributed by atoms with Crippen molar-refractivity contribution in [3.05, 3.63) is 59.7 Å². The maximum atomic E-state index is 11.6. The zero-order chi connectivity index (χ0) is 14.7. The summed E-state index contributed by atoms with van der Waals surface area (Å²) in [6.45, 7) is 1.10. The molecule has 0 spiro atoms. The third-order valence-corrected chi connectivity index (χ3v) is 3.76. The van der Waals surface area contributed by atoms with Crippen LogP contribution in [0.5, 0.6) is 0 Å². The van der Waals surface area contributed by atoms with Crippen LogP contribution in [0.2, 0.25) is 0 Å². The van der Waals surface area contributed by atoms with Crippen molar-refractivity contribution in [2.24, 2.45) is 5.73 Å². The lowest BCUT2D eigenvalue weighted by atomic mass is 9.97. The molecule has 1 amide bonds. The van der Waals surface area contributed by atoms with E-state index >= 15 is 0 Å². The quantitative estimate of drug-likeness (QED) is 0.911. The Morgan fingerprint density at radius 1 is 1.05 bits per heavy atom. The number of carbonyl (C=O) groups is 1. The van der Waals surface area contributed by atoms with Gasteiger partial charge in [-0.3, -0.25) is 0 Å². The van der Waals surface area contributed by atoms with E-state index in [1.54, 1.807) is 0 Å². The Bertz CT molecular complexity index is 615. The predicted octanol–water partition coefficient (Wildman–Crippen LogP) is 2.91. The number of fused-ring (bicyclic) bond motifs is 3. The zero-order valence-electron chi connectivity index (χ0n) is 12.1. The van der Waals surface area contributed by atoms with Crippen LogP contribution >= 0.6 is 12.4 Å². The highest BCUT2D eigenvalue weighted by Crippen LogP contribution is 2.43. The standard InChI is InChI=1S/C17H18N2O2.ClH/c18-9-10-21-17(20)19-11-16-14-7-3-1-5-12(14)13-6-2-4-8-15(13)16;/h1-8,16H,9-11,18H2,(H,19,20);1H. The summed E-state index contributed by atoms with van der Waals surface area (Å²) in [7, 11) is 0. The summed E-state index contributed by atoms with van der Waals surface area (Å²) in [5.41, 5.74) is 10.3. The highest BCUT2D eigenvalue weighted by Gasteiger charge is 2.28. The third-order valence-electron chi connectivity index (χ3n) is 3.76. The van der Waals surface area contributed by atoms with Crippen molar-refractivity contribution in [1.82, 2.24) is 5.32 Å². The minimum atomic E-state index is -0.415. The number of nitrogens with two attached hydrogens (primary N) is 1.